The molecule has 2 unspecified atom stereocenters. The Morgan fingerprint density at radius 1 is 1.03 bits per heavy atom. The molecule has 0 spiro atoms. The summed E-state index contributed by atoms with van der Waals surface area (Å²) in [4.78, 5) is 2.41. The third-order valence-electron chi connectivity index (χ3n) is 5.80. The molecule has 0 aliphatic carbocycles. The van der Waals surface area contributed by atoms with Gasteiger partial charge in [0.2, 0.25) is 0 Å². The summed E-state index contributed by atoms with van der Waals surface area (Å²) < 4.78 is 11.8. The molecule has 164 valence electrons. The Balaban J connectivity index is 0.00000272. The lowest BCUT2D eigenvalue weighted by molar-refractivity contribution is 0.146. The predicted molar refractivity (Wildman–Crippen MR) is 130 cm³/mol. The number of halogens is 2. The van der Waals surface area contributed by atoms with Crippen LogP contribution in [0.5, 0.6) is 11.5 Å². The van der Waals surface area contributed by atoms with Crippen molar-refractivity contribution in [3.8, 4) is 11.5 Å². The molecule has 0 saturated heterocycles. The van der Waals surface area contributed by atoms with Gasteiger partial charge in [-0.1, -0.05) is 60.1 Å². The predicted octanol–water partition coefficient (Wildman–Crippen LogP) is 6.55. The molecule has 0 fully saturated rings. The van der Waals surface area contributed by atoms with Crippen LogP contribution in [0.2, 0.25) is 5.02 Å². The molecular weight excluding hydrogens is 429 g/mol. The average Bonchev–Trinajstić information content (AvgIpc) is 2.78. The molecule has 1 aliphatic rings. The highest BCUT2D eigenvalue weighted by Crippen LogP contribution is 2.43. The maximum absolute atomic E-state index is 6.40. The molecule has 1 aliphatic heterocycles. The van der Waals surface area contributed by atoms with Crippen LogP contribution >= 0.6 is 24.0 Å². The molecule has 31 heavy (non-hydrogen) atoms. The second kappa shape index (κ2) is 10.9. The molecule has 3 aromatic carbocycles. The van der Waals surface area contributed by atoms with E-state index in [0.717, 1.165) is 42.5 Å². The summed E-state index contributed by atoms with van der Waals surface area (Å²) in [5, 5.41) is 0.799. The minimum absolute atomic E-state index is 0. The lowest BCUT2D eigenvalue weighted by atomic mass is 9.87. The molecule has 0 aromatic heterocycles. The van der Waals surface area contributed by atoms with Crippen LogP contribution in [0.25, 0.3) is 0 Å². The van der Waals surface area contributed by atoms with Gasteiger partial charge < -0.3 is 14.4 Å². The molecule has 3 nitrogen and oxygen atoms in total. The first-order valence-corrected chi connectivity index (χ1v) is 10.8. The SMILES string of the molecule is COc1ccc2c(c1)OC(c1ccccc1)CC2CN(C)CCc1cccc(Cl)c1.Cl. The Bertz CT molecular complexity index is 980. The summed E-state index contributed by atoms with van der Waals surface area (Å²) in [6.45, 7) is 1.96. The van der Waals surface area contributed by atoms with Crippen molar-refractivity contribution in [2.75, 3.05) is 27.2 Å². The van der Waals surface area contributed by atoms with Crippen molar-refractivity contribution < 1.29 is 9.47 Å². The molecule has 5 heteroatoms. The number of benzene rings is 3. The number of methoxy groups -OCH3 is 1. The zero-order valence-electron chi connectivity index (χ0n) is 18.0. The zero-order valence-corrected chi connectivity index (χ0v) is 19.5. The topological polar surface area (TPSA) is 21.7 Å². The second-order valence-corrected chi connectivity index (χ2v) is 8.43. The van der Waals surface area contributed by atoms with Crippen LogP contribution in [0.1, 0.15) is 35.1 Å². The molecule has 0 radical (unpaired) electrons. The number of nitrogens with zero attached hydrogens (tertiary/aromatic N) is 1. The van der Waals surface area contributed by atoms with Gasteiger partial charge in [-0.05, 0) is 54.8 Å². The van der Waals surface area contributed by atoms with E-state index in [1.54, 1.807) is 7.11 Å². The van der Waals surface area contributed by atoms with E-state index in [2.05, 4.69) is 54.4 Å². The molecule has 0 N–H and O–H groups in total. The number of ether oxygens (including phenoxy) is 2. The summed E-state index contributed by atoms with van der Waals surface area (Å²) in [5.41, 5.74) is 3.75. The van der Waals surface area contributed by atoms with Crippen molar-refractivity contribution in [2.24, 2.45) is 0 Å². The van der Waals surface area contributed by atoms with Crippen LogP contribution in [-0.2, 0) is 6.42 Å². The molecular formula is C26H29Cl2NO2. The number of likely N-dealkylation sites (N-methyl/N-ethyl adjacent to an activating group) is 1. The maximum atomic E-state index is 6.40. The summed E-state index contributed by atoms with van der Waals surface area (Å²) in [6, 6.07) is 24.8. The highest BCUT2D eigenvalue weighted by atomic mass is 35.5. The number of rotatable bonds is 7. The molecule has 0 saturated carbocycles. The first-order chi connectivity index (χ1) is 14.6. The second-order valence-electron chi connectivity index (χ2n) is 8.00. The van der Waals surface area contributed by atoms with Gasteiger partial charge in [0, 0.05) is 30.1 Å². The lowest BCUT2D eigenvalue weighted by Gasteiger charge is -2.35. The first-order valence-electron chi connectivity index (χ1n) is 10.4. The molecule has 3 aromatic rings. The van der Waals surface area contributed by atoms with E-state index in [-0.39, 0.29) is 18.5 Å². The fourth-order valence-electron chi connectivity index (χ4n) is 4.19. The van der Waals surface area contributed by atoms with Crippen molar-refractivity contribution >= 4 is 24.0 Å². The Kier molecular flexibility index (Phi) is 8.25. The molecule has 0 amide bonds. The summed E-state index contributed by atoms with van der Waals surface area (Å²) in [6.07, 6.45) is 2.00. The summed E-state index contributed by atoms with van der Waals surface area (Å²) in [5.74, 6) is 2.16. The summed E-state index contributed by atoms with van der Waals surface area (Å²) >= 11 is 6.13. The maximum Gasteiger partial charge on any atom is 0.127 e. The Labute approximate surface area is 196 Å². The third-order valence-corrected chi connectivity index (χ3v) is 6.04. The van der Waals surface area contributed by atoms with Gasteiger partial charge in [-0.25, -0.2) is 0 Å². The molecule has 4 rings (SSSR count). The smallest absolute Gasteiger partial charge is 0.127 e. The monoisotopic (exact) mass is 457 g/mol. The first kappa shape index (κ1) is 23.5. The fraction of sp³-hybridized carbons (Fsp3) is 0.308. The van der Waals surface area contributed by atoms with Gasteiger partial charge in [0.25, 0.3) is 0 Å². The normalized spacial score (nSPS) is 17.4. The third kappa shape index (κ3) is 5.94. The molecule has 2 atom stereocenters. The standard InChI is InChI=1S/C26H28ClNO2.ClH/c1-28(14-13-19-7-6-10-22(27)15-19)18-21-16-25(20-8-4-3-5-9-20)30-26-17-23(29-2)11-12-24(21)26;/h3-12,15,17,21,25H,13-14,16,18H2,1-2H3;1H. The fourth-order valence-corrected chi connectivity index (χ4v) is 4.41. The molecule has 1 heterocycles. The van der Waals surface area contributed by atoms with Crippen LogP contribution in [0.4, 0.5) is 0 Å². The van der Waals surface area contributed by atoms with Crippen LogP contribution in [0.3, 0.4) is 0 Å². The van der Waals surface area contributed by atoms with Gasteiger partial charge in [0.05, 0.1) is 7.11 Å². The summed E-state index contributed by atoms with van der Waals surface area (Å²) in [7, 11) is 3.89. The van der Waals surface area contributed by atoms with Crippen molar-refractivity contribution in [3.63, 3.8) is 0 Å². The van der Waals surface area contributed by atoms with Crippen LogP contribution in [0, 0.1) is 0 Å². The Hall–Kier alpha value is -2.20. The van der Waals surface area contributed by atoms with Crippen LogP contribution in [0.15, 0.2) is 72.8 Å². The van der Waals surface area contributed by atoms with Crippen molar-refractivity contribution in [1.82, 2.24) is 4.90 Å². The minimum atomic E-state index is 0. The van der Waals surface area contributed by atoms with E-state index in [0.29, 0.717) is 5.92 Å². The van der Waals surface area contributed by atoms with E-state index in [4.69, 9.17) is 21.1 Å². The largest absolute Gasteiger partial charge is 0.497 e. The minimum Gasteiger partial charge on any atom is -0.497 e. The van der Waals surface area contributed by atoms with Crippen LogP contribution < -0.4 is 9.47 Å². The Morgan fingerprint density at radius 2 is 1.84 bits per heavy atom. The number of hydrogen-bond donors (Lipinski definition) is 0. The highest BCUT2D eigenvalue weighted by Gasteiger charge is 2.30. The number of hydrogen-bond acceptors (Lipinski definition) is 3. The van der Waals surface area contributed by atoms with E-state index in [1.807, 2.05) is 30.3 Å². The van der Waals surface area contributed by atoms with Crippen molar-refractivity contribution in [2.45, 2.75) is 24.9 Å². The van der Waals surface area contributed by atoms with E-state index in [9.17, 15) is 0 Å². The van der Waals surface area contributed by atoms with Gasteiger partial charge >= 0.3 is 0 Å². The van der Waals surface area contributed by atoms with Gasteiger partial charge in [0.15, 0.2) is 0 Å². The zero-order chi connectivity index (χ0) is 20.9. The van der Waals surface area contributed by atoms with Gasteiger partial charge in [-0.2, -0.15) is 0 Å². The van der Waals surface area contributed by atoms with Gasteiger partial charge in [0.1, 0.15) is 17.6 Å². The van der Waals surface area contributed by atoms with E-state index >= 15 is 0 Å². The van der Waals surface area contributed by atoms with E-state index in [1.165, 1.54) is 16.7 Å². The quantitative estimate of drug-likeness (QED) is 0.401. The highest BCUT2D eigenvalue weighted by molar-refractivity contribution is 6.30. The van der Waals surface area contributed by atoms with Crippen LogP contribution in [-0.4, -0.2) is 32.1 Å². The Morgan fingerprint density at radius 3 is 2.58 bits per heavy atom. The molecule has 0 bridgehead atoms. The van der Waals surface area contributed by atoms with E-state index < -0.39 is 0 Å². The number of fused-ring (bicyclic) bond motifs is 1. The van der Waals surface area contributed by atoms with Crippen molar-refractivity contribution in [1.29, 1.82) is 0 Å². The van der Waals surface area contributed by atoms with Gasteiger partial charge in [-0.15, -0.1) is 12.4 Å². The average molecular weight is 458 g/mol. The van der Waals surface area contributed by atoms with Gasteiger partial charge in [-0.3, -0.25) is 0 Å². The lowest BCUT2D eigenvalue weighted by Crippen LogP contribution is -2.30. The van der Waals surface area contributed by atoms with Crippen molar-refractivity contribution in [3.05, 3.63) is 94.5 Å².